The fourth-order valence-electron chi connectivity index (χ4n) is 4.68. The molecule has 3 aromatic rings. The van der Waals surface area contributed by atoms with E-state index in [0.29, 0.717) is 6.67 Å². The fraction of sp³-hybridized carbons (Fsp3) is 0.292. The molecule has 5 heteroatoms. The van der Waals surface area contributed by atoms with Crippen LogP contribution in [0.3, 0.4) is 0 Å². The van der Waals surface area contributed by atoms with Crippen LogP contribution in [0, 0.1) is 0 Å². The molecular weight excluding hydrogens is 378 g/mol. The lowest BCUT2D eigenvalue weighted by molar-refractivity contribution is -0.125. The maximum atomic E-state index is 12.8. The standard InChI is InChI=1S/C24H25N3OS/c28-23-24(27(18-25-23)20-8-2-1-3-9-20)12-14-26(15-13-24)17-19-7-4-5-10-21(19)22-11-6-16-29-22/h1-11,16H,12-15,17-18H2,(H,25,28). The Morgan fingerprint density at radius 3 is 2.45 bits per heavy atom. The van der Waals surface area contributed by atoms with Crippen molar-refractivity contribution in [1.82, 2.24) is 10.2 Å². The Labute approximate surface area is 175 Å². The Bertz CT molecular complexity index is 978. The van der Waals surface area contributed by atoms with Crippen molar-refractivity contribution in [3.8, 4) is 10.4 Å². The summed E-state index contributed by atoms with van der Waals surface area (Å²) in [6.07, 6.45) is 1.71. The van der Waals surface area contributed by atoms with Crippen LogP contribution in [0.4, 0.5) is 5.69 Å². The molecule has 29 heavy (non-hydrogen) atoms. The van der Waals surface area contributed by atoms with Gasteiger partial charge in [0.1, 0.15) is 5.54 Å². The number of hydrogen-bond acceptors (Lipinski definition) is 4. The van der Waals surface area contributed by atoms with Crippen molar-refractivity contribution in [3.05, 3.63) is 77.7 Å². The van der Waals surface area contributed by atoms with Crippen molar-refractivity contribution >= 4 is 22.9 Å². The summed E-state index contributed by atoms with van der Waals surface area (Å²) in [5.41, 5.74) is 3.40. The molecular formula is C24H25N3OS. The van der Waals surface area contributed by atoms with Gasteiger partial charge in [0.25, 0.3) is 0 Å². The number of para-hydroxylation sites is 1. The first-order valence-electron chi connectivity index (χ1n) is 10.2. The zero-order valence-electron chi connectivity index (χ0n) is 16.4. The number of rotatable bonds is 4. The quantitative estimate of drug-likeness (QED) is 0.704. The van der Waals surface area contributed by atoms with E-state index in [2.05, 4.69) is 69.0 Å². The molecule has 2 aliphatic heterocycles. The Morgan fingerprint density at radius 1 is 0.931 bits per heavy atom. The summed E-state index contributed by atoms with van der Waals surface area (Å²) < 4.78 is 0. The molecule has 0 atom stereocenters. The molecule has 2 aromatic carbocycles. The monoisotopic (exact) mass is 403 g/mol. The minimum atomic E-state index is -0.412. The van der Waals surface area contributed by atoms with Crippen LogP contribution in [0.15, 0.2) is 72.1 Å². The minimum absolute atomic E-state index is 0.181. The van der Waals surface area contributed by atoms with Crippen LogP contribution in [-0.4, -0.2) is 36.1 Å². The molecule has 1 spiro atoms. The van der Waals surface area contributed by atoms with Gasteiger partial charge < -0.3 is 10.2 Å². The zero-order chi connectivity index (χ0) is 19.7. The van der Waals surface area contributed by atoms with Gasteiger partial charge in [-0.05, 0) is 47.5 Å². The number of thiophene rings is 1. The van der Waals surface area contributed by atoms with Crippen molar-refractivity contribution in [2.45, 2.75) is 24.9 Å². The largest absolute Gasteiger partial charge is 0.339 e. The molecule has 148 valence electrons. The molecule has 0 saturated carbocycles. The van der Waals surface area contributed by atoms with E-state index >= 15 is 0 Å². The average Bonchev–Trinajstić information content (AvgIpc) is 3.40. The van der Waals surface area contributed by atoms with E-state index in [1.54, 1.807) is 11.3 Å². The highest BCUT2D eigenvalue weighted by molar-refractivity contribution is 7.13. The number of likely N-dealkylation sites (tertiary alicyclic amines) is 1. The van der Waals surface area contributed by atoms with Crippen LogP contribution >= 0.6 is 11.3 Å². The summed E-state index contributed by atoms with van der Waals surface area (Å²) >= 11 is 1.79. The normalized spacial score (nSPS) is 18.9. The van der Waals surface area contributed by atoms with Crippen molar-refractivity contribution < 1.29 is 4.79 Å². The number of hydrogen-bond donors (Lipinski definition) is 1. The molecule has 3 heterocycles. The second-order valence-corrected chi connectivity index (χ2v) is 8.82. The number of nitrogens with zero attached hydrogens (tertiary/aromatic N) is 2. The molecule has 1 N–H and O–H groups in total. The highest BCUT2D eigenvalue weighted by Crippen LogP contribution is 2.37. The lowest BCUT2D eigenvalue weighted by atomic mass is 9.85. The van der Waals surface area contributed by atoms with Crippen molar-refractivity contribution in [2.24, 2.45) is 0 Å². The third-order valence-electron chi connectivity index (χ3n) is 6.29. The SMILES string of the molecule is O=C1NCN(c2ccccc2)C12CCN(Cc1ccccc1-c1cccs1)CC2. The summed E-state index contributed by atoms with van der Waals surface area (Å²) in [5, 5.41) is 5.22. The van der Waals surface area contributed by atoms with E-state index in [4.69, 9.17) is 0 Å². The average molecular weight is 404 g/mol. The maximum Gasteiger partial charge on any atom is 0.247 e. The van der Waals surface area contributed by atoms with Crippen molar-refractivity contribution in [3.63, 3.8) is 0 Å². The lowest BCUT2D eigenvalue weighted by Gasteiger charge is -2.43. The van der Waals surface area contributed by atoms with E-state index < -0.39 is 5.54 Å². The second kappa shape index (κ2) is 7.65. The molecule has 0 unspecified atom stereocenters. The number of amides is 1. The first-order chi connectivity index (χ1) is 14.3. The number of benzene rings is 2. The Balaban J connectivity index is 1.33. The van der Waals surface area contributed by atoms with Gasteiger partial charge in [-0.25, -0.2) is 0 Å². The molecule has 4 nitrogen and oxygen atoms in total. The molecule has 2 aliphatic rings. The van der Waals surface area contributed by atoms with Gasteiger partial charge in [0.15, 0.2) is 0 Å². The van der Waals surface area contributed by atoms with Gasteiger partial charge in [-0.1, -0.05) is 48.5 Å². The topological polar surface area (TPSA) is 35.6 Å². The van der Waals surface area contributed by atoms with Crippen LogP contribution < -0.4 is 10.2 Å². The predicted molar refractivity (Wildman–Crippen MR) is 119 cm³/mol. The Kier molecular flexibility index (Phi) is 4.86. The van der Waals surface area contributed by atoms with E-state index in [9.17, 15) is 4.79 Å². The first-order valence-corrected chi connectivity index (χ1v) is 11.1. The summed E-state index contributed by atoms with van der Waals surface area (Å²) in [4.78, 5) is 18.9. The molecule has 2 saturated heterocycles. The first kappa shape index (κ1) is 18.4. The second-order valence-electron chi connectivity index (χ2n) is 7.87. The van der Waals surface area contributed by atoms with Gasteiger partial charge in [0.05, 0.1) is 6.67 Å². The summed E-state index contributed by atoms with van der Waals surface area (Å²) in [5.74, 6) is 0.181. The van der Waals surface area contributed by atoms with Crippen LogP contribution in [-0.2, 0) is 11.3 Å². The predicted octanol–water partition coefficient (Wildman–Crippen LogP) is 4.34. The van der Waals surface area contributed by atoms with Gasteiger partial charge in [-0.15, -0.1) is 11.3 Å². The maximum absolute atomic E-state index is 12.8. The molecule has 2 fully saturated rings. The minimum Gasteiger partial charge on any atom is -0.339 e. The fourth-order valence-corrected chi connectivity index (χ4v) is 5.47. The van der Waals surface area contributed by atoms with E-state index in [-0.39, 0.29) is 5.91 Å². The van der Waals surface area contributed by atoms with Gasteiger partial charge >= 0.3 is 0 Å². The number of carbonyl (C=O) groups is 1. The van der Waals surface area contributed by atoms with Gasteiger partial charge in [0.2, 0.25) is 5.91 Å². The van der Waals surface area contributed by atoms with Crippen LogP contribution in [0.25, 0.3) is 10.4 Å². The van der Waals surface area contributed by atoms with E-state index in [1.165, 1.54) is 16.0 Å². The van der Waals surface area contributed by atoms with Crippen molar-refractivity contribution in [1.29, 1.82) is 0 Å². The number of anilines is 1. The highest BCUT2D eigenvalue weighted by Gasteiger charge is 2.50. The number of piperidine rings is 1. The Hall–Kier alpha value is -2.63. The molecule has 0 radical (unpaired) electrons. The number of carbonyl (C=O) groups excluding carboxylic acids is 1. The third kappa shape index (κ3) is 3.34. The number of nitrogens with one attached hydrogen (secondary N) is 1. The van der Waals surface area contributed by atoms with E-state index in [1.807, 2.05) is 18.2 Å². The molecule has 0 aliphatic carbocycles. The summed E-state index contributed by atoms with van der Waals surface area (Å²) in [6, 6.07) is 23.3. The third-order valence-corrected chi connectivity index (χ3v) is 7.19. The Morgan fingerprint density at radius 2 is 1.69 bits per heavy atom. The van der Waals surface area contributed by atoms with Gasteiger partial charge in [0, 0.05) is 30.2 Å². The zero-order valence-corrected chi connectivity index (χ0v) is 17.2. The van der Waals surface area contributed by atoms with E-state index in [0.717, 1.165) is 38.2 Å². The molecule has 0 bridgehead atoms. The summed E-state index contributed by atoms with van der Waals surface area (Å²) in [6.45, 7) is 3.38. The summed E-state index contributed by atoms with van der Waals surface area (Å²) in [7, 11) is 0. The molecule has 1 amide bonds. The van der Waals surface area contributed by atoms with Crippen LogP contribution in [0.1, 0.15) is 18.4 Å². The van der Waals surface area contributed by atoms with Gasteiger partial charge in [-0.3, -0.25) is 9.69 Å². The van der Waals surface area contributed by atoms with Crippen molar-refractivity contribution in [2.75, 3.05) is 24.7 Å². The molecule has 5 rings (SSSR count). The van der Waals surface area contributed by atoms with Crippen LogP contribution in [0.2, 0.25) is 0 Å². The highest BCUT2D eigenvalue weighted by atomic mass is 32.1. The molecule has 1 aromatic heterocycles. The lowest BCUT2D eigenvalue weighted by Crippen LogP contribution is -2.56. The van der Waals surface area contributed by atoms with Gasteiger partial charge in [-0.2, -0.15) is 0 Å². The van der Waals surface area contributed by atoms with Crippen LogP contribution in [0.5, 0.6) is 0 Å². The smallest absolute Gasteiger partial charge is 0.247 e.